The van der Waals surface area contributed by atoms with Crippen molar-refractivity contribution in [2.24, 2.45) is 0 Å². The maximum Gasteiger partial charge on any atom is 0.308 e. The van der Waals surface area contributed by atoms with Gasteiger partial charge in [-0.3, -0.25) is 9.59 Å². The summed E-state index contributed by atoms with van der Waals surface area (Å²) in [4.78, 5) is 23.3. The zero-order valence-corrected chi connectivity index (χ0v) is 16.0. The van der Waals surface area contributed by atoms with Crippen LogP contribution in [0, 0.1) is 11.8 Å². The van der Waals surface area contributed by atoms with Crippen molar-refractivity contribution in [2.45, 2.75) is 19.8 Å². The van der Waals surface area contributed by atoms with Crippen molar-refractivity contribution < 1.29 is 24.2 Å². The van der Waals surface area contributed by atoms with Gasteiger partial charge in [0.05, 0.1) is 19.3 Å². The van der Waals surface area contributed by atoms with E-state index in [-0.39, 0.29) is 31.2 Å². The normalized spacial score (nSPS) is 9.82. The molecule has 2 N–H and O–H groups in total. The van der Waals surface area contributed by atoms with Crippen LogP contribution in [0.4, 0.5) is 0 Å². The molecule has 0 radical (unpaired) electrons. The monoisotopic (exact) mass is 381 g/mol. The molecule has 2 rings (SSSR count). The van der Waals surface area contributed by atoms with E-state index in [1.807, 2.05) is 30.3 Å². The fourth-order valence-electron chi connectivity index (χ4n) is 2.50. The molecule has 0 saturated heterocycles. The molecule has 0 aliphatic carbocycles. The van der Waals surface area contributed by atoms with Gasteiger partial charge in [-0.2, -0.15) is 0 Å². The maximum atomic E-state index is 11.8. The van der Waals surface area contributed by atoms with E-state index >= 15 is 0 Å². The lowest BCUT2D eigenvalue weighted by atomic mass is 10.0. The number of benzene rings is 2. The molecule has 28 heavy (non-hydrogen) atoms. The second kappa shape index (κ2) is 10.8. The molecule has 0 aliphatic rings. The smallest absolute Gasteiger partial charge is 0.308 e. The van der Waals surface area contributed by atoms with Gasteiger partial charge in [-0.1, -0.05) is 30.0 Å². The number of amides is 1. The van der Waals surface area contributed by atoms with Gasteiger partial charge >= 0.3 is 5.97 Å². The molecule has 2 aromatic rings. The van der Waals surface area contributed by atoms with Crippen molar-refractivity contribution in [2.75, 3.05) is 20.3 Å². The number of aliphatic hydroxyl groups excluding tert-OH is 1. The summed E-state index contributed by atoms with van der Waals surface area (Å²) in [6.45, 7) is 1.43. The molecule has 2 aromatic carbocycles. The first-order valence-electron chi connectivity index (χ1n) is 8.87. The number of ether oxygens (including phenoxy) is 2. The predicted molar refractivity (Wildman–Crippen MR) is 105 cm³/mol. The van der Waals surface area contributed by atoms with E-state index < -0.39 is 5.97 Å². The van der Waals surface area contributed by atoms with Gasteiger partial charge in [0.2, 0.25) is 5.91 Å². The van der Waals surface area contributed by atoms with Crippen LogP contribution in [0.25, 0.3) is 0 Å². The molecule has 6 nitrogen and oxygen atoms in total. The molecule has 0 saturated carbocycles. The van der Waals surface area contributed by atoms with Crippen LogP contribution < -0.4 is 14.8 Å². The number of hydrogen-bond donors (Lipinski definition) is 2. The Labute approximate surface area is 164 Å². The number of esters is 1. The third-order valence-corrected chi connectivity index (χ3v) is 3.77. The Hall–Kier alpha value is -3.30. The van der Waals surface area contributed by atoms with E-state index in [0.29, 0.717) is 17.7 Å². The molecule has 6 heteroatoms. The summed E-state index contributed by atoms with van der Waals surface area (Å²) in [5.74, 6) is 6.07. The van der Waals surface area contributed by atoms with Crippen LogP contribution >= 0.6 is 0 Å². The molecular weight excluding hydrogens is 358 g/mol. The van der Waals surface area contributed by atoms with Gasteiger partial charge < -0.3 is 19.9 Å². The highest BCUT2D eigenvalue weighted by Crippen LogP contribution is 2.33. The van der Waals surface area contributed by atoms with Crippen LogP contribution in [0.3, 0.4) is 0 Å². The highest BCUT2D eigenvalue weighted by atomic mass is 16.6. The summed E-state index contributed by atoms with van der Waals surface area (Å²) >= 11 is 0. The second-order valence-corrected chi connectivity index (χ2v) is 5.96. The summed E-state index contributed by atoms with van der Waals surface area (Å²) in [6.07, 6.45) is 0.704. The van der Waals surface area contributed by atoms with Gasteiger partial charge in [0.25, 0.3) is 0 Å². The lowest BCUT2D eigenvalue weighted by Gasteiger charge is -2.13. The number of rotatable bonds is 7. The minimum absolute atomic E-state index is 0.101. The summed E-state index contributed by atoms with van der Waals surface area (Å²) in [7, 11) is 1.48. The van der Waals surface area contributed by atoms with Crippen molar-refractivity contribution in [3.05, 3.63) is 59.2 Å². The molecule has 0 bridgehead atoms. The Bertz CT molecular complexity index is 881. The van der Waals surface area contributed by atoms with Crippen LogP contribution in [-0.2, 0) is 16.0 Å². The van der Waals surface area contributed by atoms with Gasteiger partial charge in [-0.15, -0.1) is 0 Å². The third kappa shape index (κ3) is 6.45. The number of aliphatic hydroxyl groups is 1. The van der Waals surface area contributed by atoms with Crippen molar-refractivity contribution in [3.63, 3.8) is 0 Å². The molecule has 0 unspecified atom stereocenters. The SMILES string of the molecule is COc1cc(CCC(=O)NCCO)cc(C#Cc2ccccc2)c1OC(C)=O. The van der Waals surface area contributed by atoms with Crippen molar-refractivity contribution in [1.29, 1.82) is 0 Å². The molecule has 1 amide bonds. The molecule has 0 fully saturated rings. The first-order chi connectivity index (χ1) is 13.5. The Morgan fingerprint density at radius 2 is 1.89 bits per heavy atom. The minimum Gasteiger partial charge on any atom is -0.493 e. The highest BCUT2D eigenvalue weighted by Gasteiger charge is 2.15. The third-order valence-electron chi connectivity index (χ3n) is 3.77. The standard InChI is InChI=1S/C22H23NO5/c1-16(25)28-22-19(10-8-17-6-4-3-5-7-17)14-18(15-20(22)27-2)9-11-21(26)23-12-13-24/h3-7,14-15,24H,9,11-13H2,1-2H3,(H,23,26). The second-order valence-electron chi connectivity index (χ2n) is 5.96. The average molecular weight is 381 g/mol. The highest BCUT2D eigenvalue weighted by molar-refractivity contribution is 5.76. The number of methoxy groups -OCH3 is 1. The lowest BCUT2D eigenvalue weighted by molar-refractivity contribution is -0.132. The van der Waals surface area contributed by atoms with Crippen molar-refractivity contribution in [3.8, 4) is 23.3 Å². The summed E-state index contributed by atoms with van der Waals surface area (Å²) in [6, 6.07) is 13.0. The molecule has 0 spiro atoms. The molecular formula is C22H23NO5. The molecule has 0 aliphatic heterocycles. The van der Waals surface area contributed by atoms with Crippen LogP contribution in [0.1, 0.15) is 30.0 Å². The van der Waals surface area contributed by atoms with Crippen molar-refractivity contribution >= 4 is 11.9 Å². The fourth-order valence-corrected chi connectivity index (χ4v) is 2.50. The lowest BCUT2D eigenvalue weighted by Crippen LogP contribution is -2.26. The first kappa shape index (κ1) is 21.0. The summed E-state index contributed by atoms with van der Waals surface area (Å²) in [5, 5.41) is 11.4. The first-order valence-corrected chi connectivity index (χ1v) is 8.87. The van der Waals surface area contributed by atoms with E-state index in [4.69, 9.17) is 14.6 Å². The van der Waals surface area contributed by atoms with Gasteiger partial charge in [-0.05, 0) is 36.2 Å². The molecule has 0 atom stereocenters. The van der Waals surface area contributed by atoms with Gasteiger partial charge in [0.1, 0.15) is 0 Å². The van der Waals surface area contributed by atoms with Crippen molar-refractivity contribution in [1.82, 2.24) is 5.32 Å². The summed E-state index contributed by atoms with van der Waals surface area (Å²) < 4.78 is 10.7. The van der Waals surface area contributed by atoms with Gasteiger partial charge in [-0.25, -0.2) is 0 Å². The van der Waals surface area contributed by atoms with E-state index in [1.165, 1.54) is 14.0 Å². The van der Waals surface area contributed by atoms with Crippen LogP contribution in [0.15, 0.2) is 42.5 Å². The number of hydrogen-bond acceptors (Lipinski definition) is 5. The average Bonchev–Trinajstić information content (AvgIpc) is 2.70. The number of carbonyl (C=O) groups excluding carboxylic acids is 2. The zero-order chi connectivity index (χ0) is 20.4. The Balaban J connectivity index is 2.34. The number of nitrogens with one attached hydrogen (secondary N) is 1. The molecule has 0 aromatic heterocycles. The van der Waals surface area contributed by atoms with E-state index in [1.54, 1.807) is 12.1 Å². The van der Waals surface area contributed by atoms with E-state index in [2.05, 4.69) is 17.2 Å². The maximum absolute atomic E-state index is 11.8. The van der Waals surface area contributed by atoms with Gasteiger partial charge in [0, 0.05) is 25.5 Å². The molecule has 0 heterocycles. The zero-order valence-electron chi connectivity index (χ0n) is 16.0. The fraction of sp³-hybridized carbons (Fsp3) is 0.273. The minimum atomic E-state index is -0.475. The van der Waals surface area contributed by atoms with Crippen LogP contribution in [0.5, 0.6) is 11.5 Å². The predicted octanol–water partition coefficient (Wildman–Crippen LogP) is 2.06. The number of aryl methyl sites for hydroxylation is 1. The quantitative estimate of drug-likeness (QED) is 0.436. The Morgan fingerprint density at radius 3 is 2.54 bits per heavy atom. The van der Waals surface area contributed by atoms with E-state index in [9.17, 15) is 9.59 Å². The Kier molecular flexibility index (Phi) is 8.07. The van der Waals surface area contributed by atoms with E-state index in [0.717, 1.165) is 11.1 Å². The summed E-state index contributed by atoms with van der Waals surface area (Å²) in [5.41, 5.74) is 2.15. The van der Waals surface area contributed by atoms with Gasteiger partial charge in [0.15, 0.2) is 11.5 Å². The molecule has 146 valence electrons. The Morgan fingerprint density at radius 1 is 1.14 bits per heavy atom. The van der Waals surface area contributed by atoms with Crippen LogP contribution in [-0.4, -0.2) is 37.2 Å². The van der Waals surface area contributed by atoms with Crippen LogP contribution in [0.2, 0.25) is 0 Å². The number of carbonyl (C=O) groups is 2. The topological polar surface area (TPSA) is 84.9 Å². The largest absolute Gasteiger partial charge is 0.493 e.